The van der Waals surface area contributed by atoms with Gasteiger partial charge in [-0.3, -0.25) is 0 Å². The van der Waals surface area contributed by atoms with Gasteiger partial charge in [-0.15, -0.1) is 0 Å². The summed E-state index contributed by atoms with van der Waals surface area (Å²) in [7, 11) is -3.68. The van der Waals surface area contributed by atoms with Gasteiger partial charge >= 0.3 is 0 Å². The number of aryl methyl sites for hydroxylation is 1. The zero-order valence-corrected chi connectivity index (χ0v) is 19.1. The van der Waals surface area contributed by atoms with Gasteiger partial charge in [-0.2, -0.15) is 4.31 Å². The Kier molecular flexibility index (Phi) is 4.92. The van der Waals surface area contributed by atoms with Gasteiger partial charge in [-0.05, 0) is 85.5 Å². The van der Waals surface area contributed by atoms with Gasteiger partial charge in [-0.25, -0.2) is 12.8 Å². The van der Waals surface area contributed by atoms with Crippen LogP contribution in [0.4, 0.5) is 4.39 Å². The largest absolute Gasteiger partial charge is 0.341 e. The van der Waals surface area contributed by atoms with Crippen LogP contribution in [0.2, 0.25) is 0 Å². The first kappa shape index (κ1) is 20.4. The first-order valence-corrected chi connectivity index (χ1v) is 13.4. The fourth-order valence-corrected chi connectivity index (χ4v) is 7.92. The van der Waals surface area contributed by atoms with E-state index in [2.05, 4.69) is 22.8 Å². The van der Waals surface area contributed by atoms with E-state index < -0.39 is 15.8 Å². The van der Waals surface area contributed by atoms with Gasteiger partial charge in [0, 0.05) is 29.7 Å². The third-order valence-corrected chi connectivity index (χ3v) is 9.77. The number of nitrogens with zero attached hydrogens (tertiary/aromatic N) is 2. The van der Waals surface area contributed by atoms with Crippen molar-refractivity contribution >= 4 is 20.9 Å². The van der Waals surface area contributed by atoms with Crippen molar-refractivity contribution in [2.24, 2.45) is 0 Å². The normalized spacial score (nSPS) is 22.2. The molecule has 3 aliphatic rings. The summed E-state index contributed by atoms with van der Waals surface area (Å²) >= 11 is 0. The Morgan fingerprint density at radius 2 is 1.66 bits per heavy atom. The molecule has 0 bridgehead atoms. The van der Waals surface area contributed by atoms with Crippen molar-refractivity contribution in [2.75, 3.05) is 6.54 Å². The van der Waals surface area contributed by atoms with Crippen LogP contribution < -0.4 is 0 Å². The predicted molar refractivity (Wildman–Crippen MR) is 124 cm³/mol. The monoisotopic (exact) mass is 452 g/mol. The fourth-order valence-electron chi connectivity index (χ4n) is 6.31. The molecular formula is C26H29FN2O2S. The third-order valence-electron chi connectivity index (χ3n) is 7.84. The predicted octanol–water partition coefficient (Wildman–Crippen LogP) is 5.91. The molecular weight excluding hydrogens is 423 g/mol. The van der Waals surface area contributed by atoms with Gasteiger partial charge < -0.3 is 4.57 Å². The molecule has 168 valence electrons. The zero-order chi connectivity index (χ0) is 21.9. The minimum absolute atomic E-state index is 0.145. The summed E-state index contributed by atoms with van der Waals surface area (Å²) in [5.74, 6) is 0.239. The molecule has 2 aromatic carbocycles. The quantitative estimate of drug-likeness (QED) is 0.496. The molecule has 0 saturated heterocycles. The van der Waals surface area contributed by atoms with Gasteiger partial charge in [0.15, 0.2) is 0 Å². The molecule has 2 aliphatic carbocycles. The number of sulfonamides is 1. The second kappa shape index (κ2) is 7.70. The van der Waals surface area contributed by atoms with Crippen LogP contribution in [0.5, 0.6) is 0 Å². The van der Waals surface area contributed by atoms with Crippen molar-refractivity contribution in [3.63, 3.8) is 0 Å². The molecule has 1 fully saturated rings. The van der Waals surface area contributed by atoms with Crippen LogP contribution in [0, 0.1) is 5.82 Å². The summed E-state index contributed by atoms with van der Waals surface area (Å²) in [5, 5.41) is 1.33. The van der Waals surface area contributed by atoms with Crippen molar-refractivity contribution in [1.29, 1.82) is 0 Å². The summed E-state index contributed by atoms with van der Waals surface area (Å²) in [6.45, 7) is 1.11. The van der Waals surface area contributed by atoms with Crippen LogP contribution >= 0.6 is 0 Å². The summed E-state index contributed by atoms with van der Waals surface area (Å²) < 4.78 is 44.4. The van der Waals surface area contributed by atoms with Crippen LogP contribution in [0.3, 0.4) is 0 Å². The Hall–Kier alpha value is -2.18. The maximum atomic E-state index is 13.5. The highest BCUT2D eigenvalue weighted by Gasteiger charge is 2.40. The van der Waals surface area contributed by atoms with Crippen molar-refractivity contribution in [3.05, 3.63) is 65.1 Å². The highest BCUT2D eigenvalue weighted by atomic mass is 32.2. The van der Waals surface area contributed by atoms with E-state index in [9.17, 15) is 12.8 Å². The van der Waals surface area contributed by atoms with Crippen LogP contribution in [-0.2, 0) is 23.0 Å². The van der Waals surface area contributed by atoms with E-state index in [0.29, 0.717) is 19.0 Å². The van der Waals surface area contributed by atoms with E-state index in [1.807, 2.05) is 0 Å². The molecule has 1 atom stereocenters. The van der Waals surface area contributed by atoms with Crippen molar-refractivity contribution in [2.45, 2.75) is 74.8 Å². The Bertz CT molecular complexity index is 1270. The van der Waals surface area contributed by atoms with E-state index in [0.717, 1.165) is 19.3 Å². The van der Waals surface area contributed by atoms with Crippen molar-refractivity contribution < 1.29 is 12.8 Å². The average Bonchev–Trinajstić information content (AvgIpc) is 3.15. The summed E-state index contributed by atoms with van der Waals surface area (Å²) in [6, 6.07) is 12.1. The van der Waals surface area contributed by atoms with Gasteiger partial charge in [0.1, 0.15) is 5.82 Å². The van der Waals surface area contributed by atoms with E-state index in [1.54, 1.807) is 4.31 Å². The lowest BCUT2D eigenvalue weighted by Gasteiger charge is -2.39. The molecule has 6 rings (SSSR count). The zero-order valence-electron chi connectivity index (χ0n) is 18.3. The number of rotatable bonds is 3. The number of fused-ring (bicyclic) bond motifs is 3. The molecule has 2 heterocycles. The Morgan fingerprint density at radius 1 is 0.875 bits per heavy atom. The Labute approximate surface area is 189 Å². The lowest BCUT2D eigenvalue weighted by Crippen LogP contribution is -2.43. The van der Waals surface area contributed by atoms with E-state index in [1.165, 1.54) is 84.1 Å². The molecule has 0 amide bonds. The summed E-state index contributed by atoms with van der Waals surface area (Å²) in [6.07, 6.45) is 9.37. The SMILES string of the molecule is O=S(=O)(c1ccc(F)cc1)N1CCn2c3c(c4cc(C5CCCCC5)ccc42)CCCC31. The average molecular weight is 453 g/mol. The van der Waals surface area contributed by atoms with Crippen LogP contribution in [0.25, 0.3) is 10.9 Å². The number of aromatic nitrogens is 1. The molecule has 1 saturated carbocycles. The highest BCUT2D eigenvalue weighted by molar-refractivity contribution is 7.89. The van der Waals surface area contributed by atoms with Crippen molar-refractivity contribution in [1.82, 2.24) is 8.87 Å². The van der Waals surface area contributed by atoms with E-state index in [-0.39, 0.29) is 10.9 Å². The Morgan fingerprint density at radius 3 is 2.44 bits per heavy atom. The molecule has 0 spiro atoms. The number of benzene rings is 2. The minimum atomic E-state index is -3.68. The maximum absolute atomic E-state index is 13.5. The topological polar surface area (TPSA) is 42.3 Å². The van der Waals surface area contributed by atoms with Gasteiger partial charge in [-0.1, -0.05) is 25.3 Å². The molecule has 0 N–H and O–H groups in total. The molecule has 32 heavy (non-hydrogen) atoms. The van der Waals surface area contributed by atoms with Gasteiger partial charge in [0.2, 0.25) is 10.0 Å². The molecule has 1 unspecified atom stereocenters. The first-order valence-electron chi connectivity index (χ1n) is 12.0. The third kappa shape index (κ3) is 3.14. The second-order valence-corrected chi connectivity index (χ2v) is 11.5. The Balaban J connectivity index is 1.43. The lowest BCUT2D eigenvalue weighted by atomic mass is 9.83. The number of halogens is 1. The van der Waals surface area contributed by atoms with Gasteiger partial charge in [0.25, 0.3) is 0 Å². The maximum Gasteiger partial charge on any atom is 0.243 e. The second-order valence-electron chi connectivity index (χ2n) is 9.60. The molecule has 1 aromatic heterocycles. The summed E-state index contributed by atoms with van der Waals surface area (Å²) in [5.41, 5.74) is 5.23. The molecule has 6 heteroatoms. The van der Waals surface area contributed by atoms with Crippen LogP contribution in [0.1, 0.15) is 73.7 Å². The minimum Gasteiger partial charge on any atom is -0.341 e. The number of hydrogen-bond acceptors (Lipinski definition) is 2. The van der Waals surface area contributed by atoms with Crippen LogP contribution in [0.15, 0.2) is 47.4 Å². The lowest BCUT2D eigenvalue weighted by molar-refractivity contribution is 0.243. The van der Waals surface area contributed by atoms with E-state index in [4.69, 9.17) is 0 Å². The molecule has 0 radical (unpaired) electrons. The molecule has 3 aromatic rings. The highest BCUT2D eigenvalue weighted by Crippen LogP contribution is 2.45. The summed E-state index contributed by atoms with van der Waals surface area (Å²) in [4.78, 5) is 0.176. The standard InChI is InChI=1S/C26H29FN2O2S/c27-20-10-12-21(13-11-20)32(30,31)29-16-15-28-24-14-9-19(18-5-2-1-3-6-18)17-23(24)22-7-4-8-25(29)26(22)28/h9-14,17-18,25H,1-8,15-16H2. The first-order chi connectivity index (χ1) is 15.5. The number of hydrogen-bond donors (Lipinski definition) is 0. The smallest absolute Gasteiger partial charge is 0.243 e. The van der Waals surface area contributed by atoms with Crippen LogP contribution in [-0.4, -0.2) is 23.8 Å². The fraction of sp³-hybridized carbons (Fsp3) is 0.462. The van der Waals surface area contributed by atoms with E-state index >= 15 is 0 Å². The molecule has 1 aliphatic heterocycles. The van der Waals surface area contributed by atoms with Crippen molar-refractivity contribution in [3.8, 4) is 0 Å². The molecule has 4 nitrogen and oxygen atoms in total. The van der Waals surface area contributed by atoms with Gasteiger partial charge in [0.05, 0.1) is 10.9 Å².